The van der Waals surface area contributed by atoms with Gasteiger partial charge in [-0.1, -0.05) is 0 Å². The van der Waals surface area contributed by atoms with E-state index in [0.29, 0.717) is 24.6 Å². The fraction of sp³-hybridized carbons (Fsp3) is 0.545. The van der Waals surface area contributed by atoms with E-state index in [9.17, 15) is 13.2 Å². The summed E-state index contributed by atoms with van der Waals surface area (Å²) in [5, 5.41) is -0.516. The molecule has 1 aliphatic rings. The van der Waals surface area contributed by atoms with Crippen molar-refractivity contribution < 1.29 is 17.6 Å². The fourth-order valence-electron chi connectivity index (χ4n) is 2.05. The molecule has 2 heterocycles. The third-order valence-electron chi connectivity index (χ3n) is 3.06. The van der Waals surface area contributed by atoms with Gasteiger partial charge in [0, 0.05) is 24.3 Å². The highest BCUT2D eigenvalue weighted by atomic mass is 32.2. The first-order valence-electron chi connectivity index (χ1n) is 6.02. The molecule has 0 radical (unpaired) electrons. The van der Waals surface area contributed by atoms with Crippen LogP contribution in [0.5, 0.6) is 0 Å². The van der Waals surface area contributed by atoms with Crippen molar-refractivity contribution in [2.75, 3.05) is 24.3 Å². The Labute approximate surface area is 121 Å². The third-order valence-corrected chi connectivity index (χ3v) is 5.75. The number of hydrogen-bond donors (Lipinski definition) is 2. The summed E-state index contributed by atoms with van der Waals surface area (Å²) in [6.45, 7) is 1.03. The number of carbonyl (C=O) groups is 1. The zero-order chi connectivity index (χ0) is 14.8. The highest BCUT2D eigenvalue weighted by Gasteiger charge is 2.31. The van der Waals surface area contributed by atoms with Gasteiger partial charge in [-0.05, 0) is 12.1 Å². The molecule has 112 valence electrons. The van der Waals surface area contributed by atoms with Crippen molar-refractivity contribution in [1.29, 1.82) is 0 Å². The lowest BCUT2D eigenvalue weighted by atomic mass is 10.3. The van der Waals surface area contributed by atoms with Crippen LogP contribution in [0.15, 0.2) is 16.5 Å². The van der Waals surface area contributed by atoms with Crippen LogP contribution in [0.2, 0.25) is 0 Å². The molecule has 2 rings (SSSR count). The van der Waals surface area contributed by atoms with Crippen LogP contribution in [0, 0.1) is 0 Å². The highest BCUT2D eigenvalue weighted by molar-refractivity contribution is 8.00. The van der Waals surface area contributed by atoms with E-state index in [1.807, 2.05) is 10.3 Å². The molecule has 1 aromatic rings. The highest BCUT2D eigenvalue weighted by Crippen LogP contribution is 2.23. The summed E-state index contributed by atoms with van der Waals surface area (Å²) in [4.78, 5) is 13.2. The Bertz CT molecular complexity index is 584. The van der Waals surface area contributed by atoms with Gasteiger partial charge < -0.3 is 4.42 Å². The van der Waals surface area contributed by atoms with Crippen LogP contribution in [-0.2, 0) is 16.4 Å². The molecule has 3 N–H and O–H groups in total. The Morgan fingerprint density at radius 1 is 1.60 bits per heavy atom. The fourth-order valence-corrected chi connectivity index (χ4v) is 4.99. The van der Waals surface area contributed by atoms with Crippen molar-refractivity contribution in [2.24, 2.45) is 5.84 Å². The predicted molar refractivity (Wildman–Crippen MR) is 76.7 cm³/mol. The standard InChI is InChI=1S/C11H17N3O4S2/c1-20(16,17)10-7-19-5-4-14(10)6-8-2-3-9(18-8)11(15)13-12/h2-3,10H,4-7,12H2,1H3,(H,13,15). The maximum Gasteiger partial charge on any atom is 0.300 e. The van der Waals surface area contributed by atoms with E-state index in [0.717, 1.165) is 5.75 Å². The number of furan rings is 1. The molecule has 1 unspecified atom stereocenters. The number of nitrogens with zero attached hydrogens (tertiary/aromatic N) is 1. The number of nitrogens with one attached hydrogen (secondary N) is 1. The van der Waals surface area contributed by atoms with Crippen LogP contribution in [0.25, 0.3) is 0 Å². The molecule has 20 heavy (non-hydrogen) atoms. The summed E-state index contributed by atoms with van der Waals surface area (Å²) >= 11 is 1.63. The molecule has 0 aliphatic carbocycles. The van der Waals surface area contributed by atoms with E-state index >= 15 is 0 Å². The maximum atomic E-state index is 11.8. The number of hydrazine groups is 1. The number of carbonyl (C=O) groups excluding carboxylic acids is 1. The lowest BCUT2D eigenvalue weighted by Crippen LogP contribution is -2.46. The minimum atomic E-state index is -3.15. The first kappa shape index (κ1) is 15.4. The average molecular weight is 319 g/mol. The maximum absolute atomic E-state index is 11.8. The van der Waals surface area contributed by atoms with Gasteiger partial charge in [0.1, 0.15) is 11.1 Å². The summed E-state index contributed by atoms with van der Waals surface area (Å²) < 4.78 is 28.9. The summed E-state index contributed by atoms with van der Waals surface area (Å²) in [5.41, 5.74) is 1.99. The number of hydrogen-bond acceptors (Lipinski definition) is 7. The molecule has 9 heteroatoms. The normalized spacial score (nSPS) is 20.8. The van der Waals surface area contributed by atoms with E-state index < -0.39 is 21.1 Å². The number of thioether (sulfide) groups is 1. The smallest absolute Gasteiger partial charge is 0.300 e. The van der Waals surface area contributed by atoms with Crippen molar-refractivity contribution in [3.05, 3.63) is 23.7 Å². The zero-order valence-electron chi connectivity index (χ0n) is 11.0. The van der Waals surface area contributed by atoms with Crippen molar-refractivity contribution in [2.45, 2.75) is 11.9 Å². The van der Waals surface area contributed by atoms with E-state index in [4.69, 9.17) is 10.3 Å². The van der Waals surface area contributed by atoms with Gasteiger partial charge in [0.25, 0.3) is 0 Å². The van der Waals surface area contributed by atoms with Crippen molar-refractivity contribution in [3.8, 4) is 0 Å². The monoisotopic (exact) mass is 319 g/mol. The van der Waals surface area contributed by atoms with Gasteiger partial charge in [0.15, 0.2) is 15.6 Å². The minimum absolute atomic E-state index is 0.116. The predicted octanol–water partition coefficient (Wildman–Crippen LogP) is -0.197. The molecule has 0 spiro atoms. The molecule has 7 nitrogen and oxygen atoms in total. The molecule has 1 amide bonds. The van der Waals surface area contributed by atoms with Crippen molar-refractivity contribution in [3.63, 3.8) is 0 Å². The van der Waals surface area contributed by atoms with E-state index in [1.165, 1.54) is 12.3 Å². The van der Waals surface area contributed by atoms with Gasteiger partial charge >= 0.3 is 5.91 Å². The number of amides is 1. The average Bonchev–Trinajstić information content (AvgIpc) is 2.86. The Hall–Kier alpha value is -1.03. The van der Waals surface area contributed by atoms with Gasteiger partial charge in [0.2, 0.25) is 0 Å². The topological polar surface area (TPSA) is 106 Å². The molecule has 0 aromatic carbocycles. The quantitative estimate of drug-likeness (QED) is 0.450. The second kappa shape index (κ2) is 6.17. The van der Waals surface area contributed by atoms with Gasteiger partial charge in [0.05, 0.1) is 6.54 Å². The van der Waals surface area contributed by atoms with Crippen molar-refractivity contribution in [1.82, 2.24) is 10.3 Å². The summed E-state index contributed by atoms with van der Waals surface area (Å²) in [6, 6.07) is 3.18. The number of nitrogens with two attached hydrogens (primary N) is 1. The van der Waals surface area contributed by atoms with Crippen LogP contribution in [0.4, 0.5) is 0 Å². The Kier molecular flexibility index (Phi) is 4.74. The number of nitrogen functional groups attached to an aromatic ring is 1. The van der Waals surface area contributed by atoms with E-state index in [2.05, 4.69) is 0 Å². The lowest BCUT2D eigenvalue weighted by Gasteiger charge is -2.33. The minimum Gasteiger partial charge on any atom is -0.455 e. The van der Waals surface area contributed by atoms with Crippen LogP contribution in [-0.4, -0.2) is 48.9 Å². The Balaban J connectivity index is 2.11. The van der Waals surface area contributed by atoms with Gasteiger partial charge in [-0.3, -0.25) is 15.1 Å². The molecule has 1 aliphatic heterocycles. The summed E-state index contributed by atoms with van der Waals surface area (Å²) in [5.74, 6) is 6.61. The molecule has 1 fully saturated rings. The first-order valence-corrected chi connectivity index (χ1v) is 9.13. The SMILES string of the molecule is CS(=O)(=O)C1CSCCN1Cc1ccc(C(=O)NN)o1. The largest absolute Gasteiger partial charge is 0.455 e. The van der Waals surface area contributed by atoms with Crippen molar-refractivity contribution >= 4 is 27.5 Å². The molecule has 1 saturated heterocycles. The molecule has 0 saturated carbocycles. The second-order valence-electron chi connectivity index (χ2n) is 4.57. The Morgan fingerprint density at radius 2 is 2.35 bits per heavy atom. The molecule has 1 aromatic heterocycles. The van der Waals surface area contributed by atoms with Gasteiger partial charge in [-0.15, -0.1) is 0 Å². The number of rotatable bonds is 4. The van der Waals surface area contributed by atoms with Gasteiger partial charge in [-0.2, -0.15) is 11.8 Å². The molecular formula is C11H17N3O4S2. The van der Waals surface area contributed by atoms with Crippen LogP contribution in [0.1, 0.15) is 16.3 Å². The summed E-state index contributed by atoms with van der Waals surface area (Å²) in [6.07, 6.45) is 1.24. The lowest BCUT2D eigenvalue weighted by molar-refractivity contribution is 0.0922. The van der Waals surface area contributed by atoms with E-state index in [-0.39, 0.29) is 5.76 Å². The third kappa shape index (κ3) is 3.54. The summed E-state index contributed by atoms with van der Waals surface area (Å²) in [7, 11) is -3.15. The van der Waals surface area contributed by atoms with Crippen LogP contribution in [0.3, 0.4) is 0 Å². The molecular weight excluding hydrogens is 302 g/mol. The van der Waals surface area contributed by atoms with Crippen LogP contribution < -0.4 is 11.3 Å². The molecule has 0 bridgehead atoms. The molecule has 1 atom stereocenters. The zero-order valence-corrected chi connectivity index (χ0v) is 12.7. The Morgan fingerprint density at radius 3 is 3.00 bits per heavy atom. The van der Waals surface area contributed by atoms with Crippen LogP contribution >= 0.6 is 11.8 Å². The second-order valence-corrected chi connectivity index (χ2v) is 7.92. The first-order chi connectivity index (χ1) is 9.41. The van der Waals surface area contributed by atoms with Gasteiger partial charge in [-0.25, -0.2) is 14.3 Å². The number of sulfone groups is 1. The van der Waals surface area contributed by atoms with E-state index in [1.54, 1.807) is 17.8 Å².